The fourth-order valence-electron chi connectivity index (χ4n) is 1.22. The minimum atomic E-state index is 0.263. The third-order valence-corrected chi connectivity index (χ3v) is 4.28. The summed E-state index contributed by atoms with van der Waals surface area (Å²) in [4.78, 5) is 1.34. The second-order valence-electron chi connectivity index (χ2n) is 4.63. The fraction of sp³-hybridized carbons (Fsp3) is 0.636. The number of nitrogens with two attached hydrogens (primary N) is 1. The van der Waals surface area contributed by atoms with Gasteiger partial charge < -0.3 is 0 Å². The minimum Gasteiger partial charge on any atom is -0.271 e. The van der Waals surface area contributed by atoms with E-state index in [2.05, 4.69) is 44.6 Å². The van der Waals surface area contributed by atoms with Crippen molar-refractivity contribution >= 4 is 23.1 Å². The topological polar surface area (TPSA) is 38.0 Å². The Bertz CT molecular complexity index is 302. The molecule has 0 bridgehead atoms. The molecule has 0 spiro atoms. The van der Waals surface area contributed by atoms with Crippen molar-refractivity contribution in [3.63, 3.8) is 0 Å². The number of hydrogen-bond donors (Lipinski definition) is 2. The predicted molar refractivity (Wildman–Crippen MR) is 71.3 cm³/mol. The number of rotatable bonds is 4. The molecule has 0 aliphatic rings. The molecule has 1 aromatic rings. The molecule has 15 heavy (non-hydrogen) atoms. The van der Waals surface area contributed by atoms with Crippen LogP contribution in [0.15, 0.2) is 11.4 Å². The SMILES string of the molecule is Cc1cc(C(CSC(C)(C)C)NN)cs1. The summed E-state index contributed by atoms with van der Waals surface area (Å²) in [5.74, 6) is 6.59. The molecule has 0 saturated heterocycles. The minimum absolute atomic E-state index is 0.263. The van der Waals surface area contributed by atoms with Crippen LogP contribution in [-0.2, 0) is 0 Å². The van der Waals surface area contributed by atoms with Crippen molar-refractivity contribution < 1.29 is 0 Å². The number of hydrogen-bond acceptors (Lipinski definition) is 4. The van der Waals surface area contributed by atoms with E-state index in [1.54, 1.807) is 11.3 Å². The summed E-state index contributed by atoms with van der Waals surface area (Å²) in [6.45, 7) is 8.80. The van der Waals surface area contributed by atoms with Crippen molar-refractivity contribution in [2.75, 3.05) is 5.75 Å². The fourth-order valence-corrected chi connectivity index (χ4v) is 2.93. The summed E-state index contributed by atoms with van der Waals surface area (Å²) >= 11 is 3.71. The molecule has 1 heterocycles. The lowest BCUT2D eigenvalue weighted by atomic mass is 10.2. The predicted octanol–water partition coefficient (Wildman–Crippen LogP) is 3.09. The molecule has 3 N–H and O–H groups in total. The summed E-state index contributed by atoms with van der Waals surface area (Å²) in [6, 6.07) is 2.47. The van der Waals surface area contributed by atoms with Crippen LogP contribution in [0.25, 0.3) is 0 Å². The number of thiophene rings is 1. The van der Waals surface area contributed by atoms with E-state index in [9.17, 15) is 0 Å². The first-order valence-corrected chi connectivity index (χ1v) is 6.94. The Balaban J connectivity index is 2.57. The van der Waals surface area contributed by atoms with E-state index in [1.165, 1.54) is 10.4 Å². The smallest absolute Gasteiger partial charge is 0.0558 e. The number of nitrogens with one attached hydrogen (secondary N) is 1. The maximum Gasteiger partial charge on any atom is 0.0558 e. The Kier molecular flexibility index (Phi) is 4.64. The average Bonchev–Trinajstić information content (AvgIpc) is 2.51. The summed E-state index contributed by atoms with van der Waals surface area (Å²) < 4.78 is 0.292. The van der Waals surface area contributed by atoms with Gasteiger partial charge in [-0.1, -0.05) is 20.8 Å². The van der Waals surface area contributed by atoms with E-state index < -0.39 is 0 Å². The lowest BCUT2D eigenvalue weighted by Gasteiger charge is -2.22. The summed E-state index contributed by atoms with van der Waals surface area (Å²) in [5.41, 5.74) is 4.19. The second kappa shape index (κ2) is 5.34. The van der Waals surface area contributed by atoms with Gasteiger partial charge >= 0.3 is 0 Å². The first-order chi connectivity index (χ1) is 6.92. The molecule has 2 nitrogen and oxygen atoms in total. The molecule has 0 aliphatic carbocycles. The molecule has 4 heteroatoms. The molecule has 1 atom stereocenters. The zero-order valence-corrected chi connectivity index (χ0v) is 11.5. The van der Waals surface area contributed by atoms with E-state index in [0.717, 1.165) is 5.75 Å². The Labute approximate surface area is 101 Å². The highest BCUT2D eigenvalue weighted by Gasteiger charge is 2.16. The molecular formula is C11H20N2S2. The van der Waals surface area contributed by atoms with Gasteiger partial charge in [0.1, 0.15) is 0 Å². The van der Waals surface area contributed by atoms with Crippen LogP contribution >= 0.6 is 23.1 Å². The molecule has 1 unspecified atom stereocenters. The van der Waals surface area contributed by atoms with Gasteiger partial charge in [0.05, 0.1) is 6.04 Å². The van der Waals surface area contributed by atoms with E-state index in [-0.39, 0.29) is 6.04 Å². The van der Waals surface area contributed by atoms with E-state index in [4.69, 9.17) is 5.84 Å². The number of aryl methyl sites for hydroxylation is 1. The van der Waals surface area contributed by atoms with E-state index in [0.29, 0.717) is 4.75 Å². The molecule has 0 fully saturated rings. The largest absolute Gasteiger partial charge is 0.271 e. The maximum atomic E-state index is 5.58. The zero-order valence-electron chi connectivity index (χ0n) is 9.83. The molecule has 0 saturated carbocycles. The van der Waals surface area contributed by atoms with Gasteiger partial charge in [-0.2, -0.15) is 11.8 Å². The van der Waals surface area contributed by atoms with Crippen molar-refractivity contribution in [1.82, 2.24) is 5.43 Å². The Morgan fingerprint density at radius 3 is 2.60 bits per heavy atom. The van der Waals surface area contributed by atoms with Gasteiger partial charge in [0, 0.05) is 15.4 Å². The number of hydrazine groups is 1. The second-order valence-corrected chi connectivity index (χ2v) is 7.60. The van der Waals surface area contributed by atoms with Gasteiger partial charge in [0.2, 0.25) is 0 Å². The number of thioether (sulfide) groups is 1. The van der Waals surface area contributed by atoms with Gasteiger partial charge in [-0.15, -0.1) is 11.3 Å². The van der Waals surface area contributed by atoms with Gasteiger partial charge in [-0.05, 0) is 23.9 Å². The van der Waals surface area contributed by atoms with Crippen LogP contribution in [0.2, 0.25) is 0 Å². The highest BCUT2D eigenvalue weighted by Crippen LogP contribution is 2.29. The lowest BCUT2D eigenvalue weighted by molar-refractivity contribution is 0.609. The maximum absolute atomic E-state index is 5.58. The first-order valence-electron chi connectivity index (χ1n) is 5.07. The van der Waals surface area contributed by atoms with Crippen molar-refractivity contribution in [1.29, 1.82) is 0 Å². The zero-order chi connectivity index (χ0) is 11.5. The molecule has 0 aliphatic heterocycles. The van der Waals surface area contributed by atoms with E-state index >= 15 is 0 Å². The van der Waals surface area contributed by atoms with Gasteiger partial charge in [0.25, 0.3) is 0 Å². The Morgan fingerprint density at radius 1 is 1.53 bits per heavy atom. The summed E-state index contributed by atoms with van der Waals surface area (Å²) in [7, 11) is 0. The van der Waals surface area contributed by atoms with Gasteiger partial charge in [0.15, 0.2) is 0 Å². The summed E-state index contributed by atoms with van der Waals surface area (Å²) in [6.07, 6.45) is 0. The average molecular weight is 244 g/mol. The molecule has 1 rings (SSSR count). The van der Waals surface area contributed by atoms with Crippen LogP contribution in [0.5, 0.6) is 0 Å². The third kappa shape index (κ3) is 4.55. The normalized spacial score (nSPS) is 14.2. The van der Waals surface area contributed by atoms with Crippen LogP contribution in [-0.4, -0.2) is 10.5 Å². The quantitative estimate of drug-likeness (QED) is 0.631. The third-order valence-electron chi connectivity index (χ3n) is 2.04. The van der Waals surface area contributed by atoms with E-state index in [1.807, 2.05) is 11.8 Å². The van der Waals surface area contributed by atoms with Crippen LogP contribution < -0.4 is 11.3 Å². The van der Waals surface area contributed by atoms with Crippen LogP contribution in [0.3, 0.4) is 0 Å². The molecule has 0 amide bonds. The monoisotopic (exact) mass is 244 g/mol. The molecule has 86 valence electrons. The highest BCUT2D eigenvalue weighted by molar-refractivity contribution is 8.00. The molecular weight excluding hydrogens is 224 g/mol. The summed E-state index contributed by atoms with van der Waals surface area (Å²) in [5, 5.41) is 2.18. The molecule has 0 aromatic carbocycles. The van der Waals surface area contributed by atoms with Crippen molar-refractivity contribution in [2.24, 2.45) is 5.84 Å². The van der Waals surface area contributed by atoms with Crippen LogP contribution in [0, 0.1) is 6.92 Å². The van der Waals surface area contributed by atoms with Crippen LogP contribution in [0.4, 0.5) is 0 Å². The van der Waals surface area contributed by atoms with Crippen molar-refractivity contribution in [2.45, 2.75) is 38.5 Å². The van der Waals surface area contributed by atoms with Crippen molar-refractivity contribution in [3.05, 3.63) is 21.9 Å². The molecule has 0 radical (unpaired) electrons. The molecule has 1 aromatic heterocycles. The highest BCUT2D eigenvalue weighted by atomic mass is 32.2. The van der Waals surface area contributed by atoms with Gasteiger partial charge in [-0.3, -0.25) is 11.3 Å². The first kappa shape index (κ1) is 13.0. The van der Waals surface area contributed by atoms with Gasteiger partial charge in [-0.25, -0.2) is 0 Å². The van der Waals surface area contributed by atoms with Crippen LogP contribution in [0.1, 0.15) is 37.3 Å². The standard InChI is InChI=1S/C11H20N2S2/c1-8-5-9(6-14-8)10(13-12)7-15-11(2,3)4/h5-6,10,13H,7,12H2,1-4H3. The Morgan fingerprint density at radius 2 is 2.20 bits per heavy atom. The Hall–Kier alpha value is -0.0300. The van der Waals surface area contributed by atoms with Crippen molar-refractivity contribution in [3.8, 4) is 0 Å². The lowest BCUT2D eigenvalue weighted by Crippen LogP contribution is -2.30.